The quantitative estimate of drug-likeness (QED) is 0.304. The number of benzene rings is 2. The van der Waals surface area contributed by atoms with E-state index in [0.29, 0.717) is 49.0 Å². The van der Waals surface area contributed by atoms with Gasteiger partial charge in [0.25, 0.3) is 0 Å². The molecule has 0 N–H and O–H groups in total. The maximum Gasteiger partial charge on any atom is 0.431 e. The Bertz CT molecular complexity index is 1190. The Morgan fingerprint density at radius 2 is 1.79 bits per heavy atom. The van der Waals surface area contributed by atoms with E-state index in [4.69, 9.17) is 9.47 Å². The standard InChI is InChI=1S/C28H33F4N3O4/c1-5-38-21-10-11-22(29)24(14-21)34-13-12-25(17(2)16-34)39-20-8-6-19(7-9-20)35-23(15-26(36)37-4)18(3)27(33-35)28(30,31)32/h6-11,14,17-18,23,25H,5,12-13,15-16H2,1-4H3/t17-,18-,23-,25+/m0/s1. The molecular weight excluding hydrogens is 518 g/mol. The first kappa shape index (κ1) is 28.5. The molecule has 0 aromatic heterocycles. The SMILES string of the molecule is CCOc1ccc(F)c(N2CC[C@@H](Oc3ccc(N4N=C(C(F)(F)F)[C@@H](C)[C@@H]4CC(=O)OC)cc3)[C@@H](C)C2)c1. The van der Waals surface area contributed by atoms with Crippen molar-refractivity contribution in [3.05, 3.63) is 48.3 Å². The van der Waals surface area contributed by atoms with Crippen molar-refractivity contribution >= 4 is 23.1 Å². The maximum atomic E-state index is 14.5. The average Bonchev–Trinajstić information content (AvgIpc) is 3.23. The van der Waals surface area contributed by atoms with Crippen molar-refractivity contribution in [2.24, 2.45) is 16.9 Å². The summed E-state index contributed by atoms with van der Waals surface area (Å²) >= 11 is 0. The smallest absolute Gasteiger partial charge is 0.431 e. The fraction of sp³-hybridized carbons (Fsp3) is 0.500. The van der Waals surface area contributed by atoms with Crippen LogP contribution in [0.25, 0.3) is 0 Å². The first-order valence-electron chi connectivity index (χ1n) is 13.0. The molecule has 0 amide bonds. The topological polar surface area (TPSA) is 63.6 Å². The fourth-order valence-electron chi connectivity index (χ4n) is 5.12. The number of anilines is 2. The molecule has 1 fully saturated rings. The number of esters is 1. The van der Waals surface area contributed by atoms with Crippen molar-refractivity contribution in [1.82, 2.24) is 0 Å². The van der Waals surface area contributed by atoms with Crippen molar-refractivity contribution in [2.45, 2.75) is 51.9 Å². The number of methoxy groups -OCH3 is 1. The second kappa shape index (κ2) is 11.7. The molecule has 0 saturated carbocycles. The molecular formula is C28H33F4N3O4. The molecule has 0 bridgehead atoms. The van der Waals surface area contributed by atoms with Gasteiger partial charge in [0.2, 0.25) is 0 Å². The van der Waals surface area contributed by atoms with Gasteiger partial charge in [-0.05, 0) is 43.3 Å². The van der Waals surface area contributed by atoms with Crippen LogP contribution in [0.1, 0.15) is 33.6 Å². The zero-order valence-corrected chi connectivity index (χ0v) is 22.4. The van der Waals surface area contributed by atoms with Crippen molar-refractivity contribution < 1.29 is 36.6 Å². The van der Waals surface area contributed by atoms with Crippen LogP contribution in [0.3, 0.4) is 0 Å². The van der Waals surface area contributed by atoms with Gasteiger partial charge in [0.1, 0.15) is 29.1 Å². The average molecular weight is 552 g/mol. The molecule has 0 radical (unpaired) electrons. The summed E-state index contributed by atoms with van der Waals surface area (Å²) < 4.78 is 71.6. The molecule has 2 aromatic carbocycles. The number of piperidine rings is 1. The van der Waals surface area contributed by atoms with Gasteiger partial charge in [-0.1, -0.05) is 13.8 Å². The third kappa shape index (κ3) is 6.39. The molecule has 4 atom stereocenters. The molecule has 7 nitrogen and oxygen atoms in total. The van der Waals surface area contributed by atoms with Crippen molar-refractivity contribution in [2.75, 3.05) is 36.7 Å². The Labute approximate surface area is 225 Å². The van der Waals surface area contributed by atoms with Crippen LogP contribution < -0.4 is 19.4 Å². The highest BCUT2D eigenvalue weighted by Gasteiger charge is 2.48. The first-order valence-corrected chi connectivity index (χ1v) is 13.0. The molecule has 4 rings (SSSR count). The van der Waals surface area contributed by atoms with Gasteiger partial charge in [0.05, 0.1) is 37.6 Å². The van der Waals surface area contributed by atoms with E-state index in [1.54, 1.807) is 36.4 Å². The molecule has 2 aromatic rings. The summed E-state index contributed by atoms with van der Waals surface area (Å²) in [5, 5.41) is 5.07. The number of nitrogens with zero attached hydrogens (tertiary/aromatic N) is 3. The number of carbonyl (C=O) groups is 1. The van der Waals surface area contributed by atoms with Crippen LogP contribution in [-0.4, -0.2) is 56.8 Å². The van der Waals surface area contributed by atoms with Crippen LogP contribution in [0.5, 0.6) is 11.5 Å². The minimum absolute atomic E-state index is 0.0800. The number of ether oxygens (including phenoxy) is 3. The van der Waals surface area contributed by atoms with Gasteiger partial charge in [-0.15, -0.1) is 0 Å². The zero-order valence-electron chi connectivity index (χ0n) is 22.4. The van der Waals surface area contributed by atoms with Crippen LogP contribution in [0.15, 0.2) is 47.6 Å². The highest BCUT2D eigenvalue weighted by atomic mass is 19.4. The third-order valence-corrected chi connectivity index (χ3v) is 7.22. The Morgan fingerprint density at radius 1 is 1.10 bits per heavy atom. The summed E-state index contributed by atoms with van der Waals surface area (Å²) in [7, 11) is 1.20. The lowest BCUT2D eigenvalue weighted by molar-refractivity contribution is -0.141. The van der Waals surface area contributed by atoms with Crippen LogP contribution in [0.4, 0.5) is 28.9 Å². The first-order chi connectivity index (χ1) is 18.5. The van der Waals surface area contributed by atoms with Gasteiger partial charge in [0.15, 0.2) is 0 Å². The largest absolute Gasteiger partial charge is 0.494 e. The van der Waals surface area contributed by atoms with E-state index in [1.165, 1.54) is 25.1 Å². The normalized spacial score (nSPS) is 23.4. The van der Waals surface area contributed by atoms with E-state index < -0.39 is 29.8 Å². The number of carbonyl (C=O) groups excluding carboxylic acids is 1. The molecule has 0 aliphatic carbocycles. The molecule has 2 aliphatic rings. The van der Waals surface area contributed by atoms with Crippen LogP contribution in [0.2, 0.25) is 0 Å². The van der Waals surface area contributed by atoms with Gasteiger partial charge >= 0.3 is 12.1 Å². The Hall–Kier alpha value is -3.50. The number of halogens is 4. The molecule has 1 saturated heterocycles. The van der Waals surface area contributed by atoms with E-state index in [2.05, 4.69) is 9.84 Å². The summed E-state index contributed by atoms with van der Waals surface area (Å²) in [5.41, 5.74) is -0.0221. The summed E-state index contributed by atoms with van der Waals surface area (Å²) in [4.78, 5) is 13.9. The number of hydrazone groups is 1. The van der Waals surface area contributed by atoms with E-state index >= 15 is 0 Å². The van der Waals surface area contributed by atoms with Gasteiger partial charge in [-0.3, -0.25) is 9.80 Å². The molecule has 0 spiro atoms. The summed E-state index contributed by atoms with van der Waals surface area (Å²) in [6.45, 7) is 6.99. The lowest BCUT2D eigenvalue weighted by atomic mass is 9.94. The van der Waals surface area contributed by atoms with Crippen molar-refractivity contribution in [3.8, 4) is 11.5 Å². The fourth-order valence-corrected chi connectivity index (χ4v) is 5.12. The van der Waals surface area contributed by atoms with Crippen molar-refractivity contribution in [1.29, 1.82) is 0 Å². The second-order valence-electron chi connectivity index (χ2n) is 9.87. The Balaban J connectivity index is 1.44. The van der Waals surface area contributed by atoms with Gasteiger partial charge in [-0.25, -0.2) is 4.39 Å². The maximum absolute atomic E-state index is 14.5. The van der Waals surface area contributed by atoms with Crippen LogP contribution in [0, 0.1) is 17.7 Å². The number of rotatable bonds is 8. The van der Waals surface area contributed by atoms with Gasteiger partial charge in [-0.2, -0.15) is 18.3 Å². The van der Waals surface area contributed by atoms with Crippen LogP contribution >= 0.6 is 0 Å². The molecule has 11 heteroatoms. The van der Waals surface area contributed by atoms with E-state index in [9.17, 15) is 22.4 Å². The molecule has 39 heavy (non-hydrogen) atoms. The van der Waals surface area contributed by atoms with E-state index in [1.807, 2.05) is 18.7 Å². The lowest BCUT2D eigenvalue weighted by Crippen LogP contribution is -2.44. The third-order valence-electron chi connectivity index (χ3n) is 7.22. The van der Waals surface area contributed by atoms with Crippen LogP contribution in [-0.2, 0) is 9.53 Å². The number of hydrogen-bond donors (Lipinski definition) is 0. The second-order valence-corrected chi connectivity index (χ2v) is 9.87. The van der Waals surface area contributed by atoms with Crippen molar-refractivity contribution in [3.63, 3.8) is 0 Å². The zero-order chi connectivity index (χ0) is 28.3. The summed E-state index contributed by atoms with van der Waals surface area (Å²) in [6, 6.07) is 10.5. The highest BCUT2D eigenvalue weighted by Crippen LogP contribution is 2.37. The number of hydrogen-bond acceptors (Lipinski definition) is 7. The van der Waals surface area contributed by atoms with E-state index in [0.717, 1.165) is 0 Å². The highest BCUT2D eigenvalue weighted by molar-refractivity contribution is 5.96. The van der Waals surface area contributed by atoms with Gasteiger partial charge in [0, 0.05) is 37.4 Å². The molecule has 2 aliphatic heterocycles. The van der Waals surface area contributed by atoms with E-state index in [-0.39, 0.29) is 24.3 Å². The van der Waals surface area contributed by atoms with Gasteiger partial charge < -0.3 is 19.1 Å². The monoisotopic (exact) mass is 551 g/mol. The minimum Gasteiger partial charge on any atom is -0.494 e. The Morgan fingerprint density at radius 3 is 2.41 bits per heavy atom. The number of alkyl halides is 3. The minimum atomic E-state index is -4.61. The lowest BCUT2D eigenvalue weighted by Gasteiger charge is -2.38. The molecule has 2 heterocycles. The molecule has 212 valence electrons. The Kier molecular flexibility index (Phi) is 8.56. The predicted molar refractivity (Wildman–Crippen MR) is 140 cm³/mol. The predicted octanol–water partition coefficient (Wildman–Crippen LogP) is 5.82. The summed E-state index contributed by atoms with van der Waals surface area (Å²) in [6.07, 6.45) is -4.31. The summed E-state index contributed by atoms with van der Waals surface area (Å²) in [5.74, 6) is -0.668. The molecule has 0 unspecified atom stereocenters.